The first kappa shape index (κ1) is 4.56. The molecule has 2 heteroatoms. The Balaban J connectivity index is 2.63. The fraction of sp³-hybridized carbons (Fsp3) is 0. The lowest BCUT2D eigenvalue weighted by molar-refractivity contribution is 1.44. The Morgan fingerprint density at radius 2 is 2.56 bits per heavy atom. The van der Waals surface area contributed by atoms with E-state index in [2.05, 4.69) is 16.4 Å². The molecule has 1 aromatic carbocycles. The maximum Gasteiger partial charge on any atom is 0.285 e. The molecule has 1 heterocycles. The van der Waals surface area contributed by atoms with Crippen LogP contribution in [0.4, 0.5) is 11.4 Å². The van der Waals surface area contributed by atoms with Crippen molar-refractivity contribution in [1.29, 1.82) is 0 Å². The molecule has 0 unspecified atom stereocenters. The van der Waals surface area contributed by atoms with Gasteiger partial charge in [-0.05, 0) is 29.3 Å². The SMILES string of the molecule is [c]1ccc2c(c1)NC=[N+]2. The number of fused-ring (bicyclic) bond motifs is 1. The summed E-state index contributed by atoms with van der Waals surface area (Å²) >= 11 is 0. The van der Waals surface area contributed by atoms with Crippen molar-refractivity contribution in [2.75, 3.05) is 5.32 Å². The highest BCUT2D eigenvalue weighted by Gasteiger charge is 2.12. The lowest BCUT2D eigenvalue weighted by atomic mass is 10.3. The van der Waals surface area contributed by atoms with Gasteiger partial charge < -0.3 is 0 Å². The average molecular weight is 117 g/mol. The number of hydrogen-bond donors (Lipinski definition) is 1. The van der Waals surface area contributed by atoms with Gasteiger partial charge in [0.05, 0.1) is 0 Å². The maximum atomic E-state index is 4.04. The fourth-order valence-electron chi connectivity index (χ4n) is 0.822. The molecule has 0 atom stereocenters. The Morgan fingerprint density at radius 3 is 3.44 bits per heavy atom. The summed E-state index contributed by atoms with van der Waals surface area (Å²) in [5.74, 6) is 0. The molecule has 0 bridgehead atoms. The number of benzene rings is 1. The number of rotatable bonds is 0. The number of hydrogen-bond acceptors (Lipinski definition) is 2. The molecule has 9 heavy (non-hydrogen) atoms. The van der Waals surface area contributed by atoms with Crippen LogP contribution in [0.2, 0.25) is 0 Å². The van der Waals surface area contributed by atoms with Crippen LogP contribution in [0.5, 0.6) is 0 Å². The monoisotopic (exact) mass is 117 g/mol. The van der Waals surface area contributed by atoms with Crippen molar-refractivity contribution in [2.45, 2.75) is 0 Å². The third-order valence-electron chi connectivity index (χ3n) is 1.26. The van der Waals surface area contributed by atoms with E-state index in [4.69, 9.17) is 0 Å². The van der Waals surface area contributed by atoms with Crippen molar-refractivity contribution < 1.29 is 0 Å². The molecular formula is C7H5N2+. The van der Waals surface area contributed by atoms with Gasteiger partial charge in [-0.1, -0.05) is 0 Å². The normalized spacial score (nSPS) is 12.9. The minimum absolute atomic E-state index is 0.994. The number of nitrogens with one attached hydrogen (secondary N) is 1. The van der Waals surface area contributed by atoms with E-state index in [1.54, 1.807) is 6.34 Å². The highest BCUT2D eigenvalue weighted by Crippen LogP contribution is 2.20. The molecule has 1 N–H and O–H groups in total. The van der Waals surface area contributed by atoms with E-state index in [0.717, 1.165) is 11.4 Å². The third-order valence-corrected chi connectivity index (χ3v) is 1.26. The van der Waals surface area contributed by atoms with Gasteiger partial charge in [-0.15, -0.1) is 0 Å². The van der Waals surface area contributed by atoms with Crippen molar-refractivity contribution >= 4 is 17.7 Å². The van der Waals surface area contributed by atoms with E-state index in [1.165, 1.54) is 0 Å². The van der Waals surface area contributed by atoms with E-state index in [-0.39, 0.29) is 0 Å². The van der Waals surface area contributed by atoms with Crippen LogP contribution in [0.25, 0.3) is 0 Å². The lowest BCUT2D eigenvalue weighted by Crippen LogP contribution is -1.86. The molecule has 1 aromatic rings. The number of nitrogens with zero attached hydrogens (tertiary/aromatic N) is 1. The zero-order chi connectivity index (χ0) is 6.10. The summed E-state index contributed by atoms with van der Waals surface area (Å²) in [5, 5.41) is 2.98. The van der Waals surface area contributed by atoms with Crippen LogP contribution in [0.15, 0.2) is 18.2 Å². The summed E-state index contributed by atoms with van der Waals surface area (Å²) in [6, 6.07) is 8.60. The average Bonchev–Trinajstić information content (AvgIpc) is 2.33. The van der Waals surface area contributed by atoms with E-state index in [9.17, 15) is 0 Å². The van der Waals surface area contributed by atoms with Gasteiger partial charge in [-0.3, -0.25) is 0 Å². The van der Waals surface area contributed by atoms with Crippen LogP contribution in [0.3, 0.4) is 0 Å². The summed E-state index contributed by atoms with van der Waals surface area (Å²) < 4.78 is 0. The summed E-state index contributed by atoms with van der Waals surface area (Å²) in [6.45, 7) is 0. The summed E-state index contributed by atoms with van der Waals surface area (Å²) in [5.41, 5.74) is 2.03. The second-order valence-corrected chi connectivity index (χ2v) is 1.85. The molecule has 0 aliphatic carbocycles. The van der Waals surface area contributed by atoms with Crippen LogP contribution in [-0.4, -0.2) is 6.34 Å². The van der Waals surface area contributed by atoms with Crippen LogP contribution in [-0.2, 0) is 0 Å². The second-order valence-electron chi connectivity index (χ2n) is 1.85. The Bertz CT molecular complexity index is 253. The molecule has 2 radical (unpaired) electrons. The van der Waals surface area contributed by atoms with Crippen molar-refractivity contribution in [2.24, 2.45) is 0 Å². The third kappa shape index (κ3) is 0.598. The Labute approximate surface area is 53.2 Å². The molecule has 1 aliphatic rings. The molecule has 42 valence electrons. The second kappa shape index (κ2) is 1.58. The number of anilines is 1. The quantitative estimate of drug-likeness (QED) is 0.537. The number of aliphatic imine (C=N–C) groups is 1. The van der Waals surface area contributed by atoms with Crippen molar-refractivity contribution in [3.63, 3.8) is 0 Å². The molecule has 0 amide bonds. The van der Waals surface area contributed by atoms with Gasteiger partial charge in [0.2, 0.25) is 5.69 Å². The van der Waals surface area contributed by atoms with Crippen molar-refractivity contribution in [3.8, 4) is 0 Å². The largest absolute Gasteiger partial charge is 0.285 e. The van der Waals surface area contributed by atoms with Gasteiger partial charge in [-0.2, -0.15) is 0 Å². The molecule has 0 fully saturated rings. The van der Waals surface area contributed by atoms with Crippen molar-refractivity contribution in [1.82, 2.24) is 4.99 Å². The highest BCUT2D eigenvalue weighted by molar-refractivity contribution is 5.88. The van der Waals surface area contributed by atoms with E-state index < -0.39 is 0 Å². The molecular weight excluding hydrogens is 112 g/mol. The zero-order valence-corrected chi connectivity index (χ0v) is 4.76. The molecule has 0 spiro atoms. The summed E-state index contributed by atoms with van der Waals surface area (Å²) in [7, 11) is 0. The molecule has 0 aromatic heterocycles. The molecule has 0 saturated heterocycles. The van der Waals surface area contributed by atoms with Gasteiger partial charge in [0.25, 0.3) is 6.34 Å². The van der Waals surface area contributed by atoms with Gasteiger partial charge in [0.1, 0.15) is 0 Å². The Hall–Kier alpha value is -1.31. The van der Waals surface area contributed by atoms with Crippen molar-refractivity contribution in [3.05, 3.63) is 24.3 Å². The Morgan fingerprint density at radius 1 is 1.56 bits per heavy atom. The van der Waals surface area contributed by atoms with Crippen LogP contribution >= 0.6 is 0 Å². The van der Waals surface area contributed by atoms with Crippen LogP contribution in [0.1, 0.15) is 0 Å². The zero-order valence-electron chi connectivity index (χ0n) is 4.76. The first-order chi connectivity index (χ1) is 4.47. The predicted octanol–water partition coefficient (Wildman–Crippen LogP) is 0.908. The van der Waals surface area contributed by atoms with Gasteiger partial charge in [0.15, 0.2) is 5.69 Å². The minimum atomic E-state index is 0.994. The van der Waals surface area contributed by atoms with E-state index in [0.29, 0.717) is 0 Å². The molecule has 0 saturated carbocycles. The van der Waals surface area contributed by atoms with Gasteiger partial charge in [0, 0.05) is 0 Å². The lowest BCUT2D eigenvalue weighted by Gasteiger charge is -1.83. The van der Waals surface area contributed by atoms with E-state index in [1.807, 2.05) is 18.2 Å². The maximum absolute atomic E-state index is 4.04. The van der Waals surface area contributed by atoms with Crippen LogP contribution < -0.4 is 10.3 Å². The molecule has 1 aliphatic heterocycles. The smallest absolute Gasteiger partial charge is 0.240 e. The van der Waals surface area contributed by atoms with Gasteiger partial charge >= 0.3 is 0 Å². The highest BCUT2D eigenvalue weighted by atomic mass is 15.0. The summed E-state index contributed by atoms with van der Waals surface area (Å²) in [6.07, 6.45) is 1.68. The van der Waals surface area contributed by atoms with Crippen LogP contribution in [0, 0.1) is 6.07 Å². The molecule has 2 nitrogen and oxygen atoms in total. The minimum Gasteiger partial charge on any atom is -0.240 e. The first-order valence-corrected chi connectivity index (χ1v) is 2.76. The summed E-state index contributed by atoms with van der Waals surface area (Å²) in [4.78, 5) is 4.04. The topological polar surface area (TPSA) is 26.1 Å². The fourth-order valence-corrected chi connectivity index (χ4v) is 0.822. The van der Waals surface area contributed by atoms with Gasteiger partial charge in [-0.25, -0.2) is 5.32 Å². The van der Waals surface area contributed by atoms with E-state index >= 15 is 0 Å². The molecule has 2 rings (SSSR count). The predicted molar refractivity (Wildman–Crippen MR) is 36.8 cm³/mol. The first-order valence-electron chi connectivity index (χ1n) is 2.76. The Kier molecular flexibility index (Phi) is 0.803. The standard InChI is InChI=1S/C7H5N2/c1-2-4-7-6(3-1)8-5-9-7/h1,3-5,9H/q+1.